The van der Waals surface area contributed by atoms with Gasteiger partial charge in [-0.1, -0.05) is 23.7 Å². The lowest BCUT2D eigenvalue weighted by Gasteiger charge is -2.12. The summed E-state index contributed by atoms with van der Waals surface area (Å²) in [6, 6.07) is 5.12. The Kier molecular flexibility index (Phi) is 5.84. The Hall–Kier alpha value is -1.74. The summed E-state index contributed by atoms with van der Waals surface area (Å²) < 4.78 is 67.9. The Bertz CT molecular complexity index is 682. The second-order valence-corrected chi connectivity index (χ2v) is 5.73. The standard InChI is InChI=1S/C12H10ClF3O5S/c1-2-20-11(17)7-10(8-4-3-5-9(13)6-8)21-22(18,19)12(14,15)16/h3-7H,2H2,1H3/b10-7-. The highest BCUT2D eigenvalue weighted by Crippen LogP contribution is 2.30. The lowest BCUT2D eigenvalue weighted by Crippen LogP contribution is -2.25. The molecule has 10 heteroatoms. The summed E-state index contributed by atoms with van der Waals surface area (Å²) in [5.74, 6) is -1.91. The van der Waals surface area contributed by atoms with Crippen LogP contribution in [0.15, 0.2) is 30.3 Å². The summed E-state index contributed by atoms with van der Waals surface area (Å²) in [5, 5.41) is 0.111. The van der Waals surface area contributed by atoms with Gasteiger partial charge in [0.25, 0.3) is 0 Å². The number of halogens is 4. The SMILES string of the molecule is CCOC(=O)/C=C(\OS(=O)(=O)C(F)(F)F)c1cccc(Cl)c1. The molecule has 0 atom stereocenters. The number of carbonyl (C=O) groups is 1. The predicted octanol–water partition coefficient (Wildman–Crippen LogP) is 3.11. The van der Waals surface area contributed by atoms with E-state index < -0.39 is 27.4 Å². The predicted molar refractivity (Wildman–Crippen MR) is 72.1 cm³/mol. The second kappa shape index (κ2) is 7.01. The Morgan fingerprint density at radius 1 is 1.36 bits per heavy atom. The van der Waals surface area contributed by atoms with Gasteiger partial charge in [-0.2, -0.15) is 21.6 Å². The van der Waals surface area contributed by atoms with E-state index in [-0.39, 0.29) is 17.2 Å². The minimum atomic E-state index is -5.94. The molecule has 5 nitrogen and oxygen atoms in total. The summed E-state index contributed by atoms with van der Waals surface area (Å²) in [6.07, 6.45) is 0.498. The van der Waals surface area contributed by atoms with Crippen molar-refractivity contribution in [3.63, 3.8) is 0 Å². The molecule has 0 bridgehead atoms. The van der Waals surface area contributed by atoms with Crippen LogP contribution in [0.4, 0.5) is 13.2 Å². The first-order valence-corrected chi connectivity index (χ1v) is 7.50. The van der Waals surface area contributed by atoms with Gasteiger partial charge in [-0.3, -0.25) is 0 Å². The van der Waals surface area contributed by atoms with Crippen molar-refractivity contribution in [3.05, 3.63) is 40.9 Å². The van der Waals surface area contributed by atoms with Crippen molar-refractivity contribution >= 4 is 33.4 Å². The smallest absolute Gasteiger partial charge is 0.463 e. The zero-order chi connectivity index (χ0) is 17.0. The first-order valence-electron chi connectivity index (χ1n) is 5.72. The van der Waals surface area contributed by atoms with Crippen LogP contribution in [0.2, 0.25) is 5.02 Å². The highest BCUT2D eigenvalue weighted by Gasteiger charge is 2.49. The normalized spacial score (nSPS) is 12.9. The molecule has 0 radical (unpaired) electrons. The lowest BCUT2D eigenvalue weighted by atomic mass is 10.2. The molecule has 0 aliphatic heterocycles. The molecule has 0 saturated carbocycles. The molecule has 0 heterocycles. The highest BCUT2D eigenvalue weighted by atomic mass is 35.5. The number of esters is 1. The Balaban J connectivity index is 3.27. The zero-order valence-electron chi connectivity index (χ0n) is 11.1. The summed E-state index contributed by atoms with van der Waals surface area (Å²) >= 11 is 5.68. The van der Waals surface area contributed by atoms with Gasteiger partial charge in [0.2, 0.25) is 0 Å². The summed E-state index contributed by atoms with van der Waals surface area (Å²) in [4.78, 5) is 11.4. The van der Waals surface area contributed by atoms with Crippen LogP contribution in [0.25, 0.3) is 5.76 Å². The minimum Gasteiger partial charge on any atom is -0.463 e. The van der Waals surface area contributed by atoms with Crippen LogP contribution < -0.4 is 0 Å². The van der Waals surface area contributed by atoms with Gasteiger partial charge in [-0.25, -0.2) is 4.79 Å². The number of hydrogen-bond acceptors (Lipinski definition) is 5. The maximum atomic E-state index is 12.4. The minimum absolute atomic E-state index is 0.0514. The second-order valence-electron chi connectivity index (χ2n) is 3.75. The Morgan fingerprint density at radius 2 is 2.00 bits per heavy atom. The fourth-order valence-corrected chi connectivity index (χ4v) is 1.92. The van der Waals surface area contributed by atoms with Crippen molar-refractivity contribution < 1.29 is 35.3 Å². The summed E-state index contributed by atoms with van der Waals surface area (Å²) in [7, 11) is -5.94. The van der Waals surface area contributed by atoms with Crippen LogP contribution >= 0.6 is 11.6 Å². The van der Waals surface area contributed by atoms with Gasteiger partial charge in [-0.05, 0) is 19.1 Å². The van der Waals surface area contributed by atoms with Crippen molar-refractivity contribution in [1.29, 1.82) is 0 Å². The van der Waals surface area contributed by atoms with E-state index in [1.165, 1.54) is 25.1 Å². The van der Waals surface area contributed by atoms with Crippen LogP contribution in [0.3, 0.4) is 0 Å². The largest absolute Gasteiger partial charge is 0.534 e. The molecule has 22 heavy (non-hydrogen) atoms. The number of rotatable bonds is 5. The van der Waals surface area contributed by atoms with E-state index in [1.54, 1.807) is 0 Å². The molecule has 1 aromatic rings. The number of carbonyl (C=O) groups excluding carboxylic acids is 1. The zero-order valence-corrected chi connectivity index (χ0v) is 12.6. The maximum Gasteiger partial charge on any atom is 0.534 e. The van der Waals surface area contributed by atoms with Crippen molar-refractivity contribution in [3.8, 4) is 0 Å². The van der Waals surface area contributed by atoms with E-state index in [0.717, 1.165) is 6.07 Å². The molecular formula is C12H10ClF3O5S. The van der Waals surface area contributed by atoms with Crippen molar-refractivity contribution in [2.45, 2.75) is 12.4 Å². The fourth-order valence-electron chi connectivity index (χ4n) is 1.25. The van der Waals surface area contributed by atoms with E-state index in [2.05, 4.69) is 8.92 Å². The third-order valence-corrected chi connectivity index (χ3v) is 3.33. The highest BCUT2D eigenvalue weighted by molar-refractivity contribution is 7.87. The molecule has 1 aromatic carbocycles. The number of benzene rings is 1. The molecule has 0 saturated heterocycles. The molecular weight excluding hydrogens is 349 g/mol. The van der Waals surface area contributed by atoms with Crippen LogP contribution in [-0.4, -0.2) is 26.5 Å². The summed E-state index contributed by atoms with van der Waals surface area (Å²) in [5.41, 5.74) is -5.77. The third-order valence-electron chi connectivity index (χ3n) is 2.13. The molecule has 0 spiro atoms. The molecule has 0 unspecified atom stereocenters. The molecule has 0 fully saturated rings. The van der Waals surface area contributed by atoms with E-state index in [0.29, 0.717) is 6.08 Å². The van der Waals surface area contributed by atoms with Gasteiger partial charge < -0.3 is 8.92 Å². The van der Waals surface area contributed by atoms with Gasteiger partial charge in [0.05, 0.1) is 12.7 Å². The van der Waals surface area contributed by atoms with E-state index in [4.69, 9.17) is 11.6 Å². The van der Waals surface area contributed by atoms with E-state index in [1.807, 2.05) is 0 Å². The van der Waals surface area contributed by atoms with Gasteiger partial charge >= 0.3 is 21.6 Å². The van der Waals surface area contributed by atoms with E-state index in [9.17, 15) is 26.4 Å². The number of alkyl halides is 3. The van der Waals surface area contributed by atoms with Gasteiger partial charge in [0, 0.05) is 10.6 Å². The first kappa shape index (κ1) is 18.3. The topological polar surface area (TPSA) is 69.7 Å². The monoisotopic (exact) mass is 358 g/mol. The molecule has 0 amide bonds. The van der Waals surface area contributed by atoms with Crippen molar-refractivity contribution in [1.82, 2.24) is 0 Å². The van der Waals surface area contributed by atoms with Crippen LogP contribution in [0.1, 0.15) is 12.5 Å². The Morgan fingerprint density at radius 3 is 2.50 bits per heavy atom. The van der Waals surface area contributed by atoms with Crippen LogP contribution in [0.5, 0.6) is 0 Å². The number of hydrogen-bond donors (Lipinski definition) is 0. The van der Waals surface area contributed by atoms with E-state index >= 15 is 0 Å². The quantitative estimate of drug-likeness (QED) is 0.266. The van der Waals surface area contributed by atoms with Crippen LogP contribution in [0, 0.1) is 0 Å². The molecule has 122 valence electrons. The van der Waals surface area contributed by atoms with Gasteiger partial charge in [0.15, 0.2) is 5.76 Å². The molecule has 0 aliphatic carbocycles. The molecule has 0 aliphatic rings. The molecule has 0 N–H and O–H groups in total. The average Bonchev–Trinajstić information content (AvgIpc) is 2.36. The maximum absolute atomic E-state index is 12.4. The Labute approximate surface area is 129 Å². The fraction of sp³-hybridized carbons (Fsp3) is 0.250. The molecule has 1 rings (SSSR count). The van der Waals surface area contributed by atoms with Gasteiger partial charge in [0.1, 0.15) is 0 Å². The third kappa shape index (κ3) is 4.92. The van der Waals surface area contributed by atoms with Crippen molar-refractivity contribution in [2.24, 2.45) is 0 Å². The van der Waals surface area contributed by atoms with Crippen LogP contribution in [-0.2, 0) is 23.8 Å². The first-order chi connectivity index (χ1) is 10.1. The van der Waals surface area contributed by atoms with Gasteiger partial charge in [-0.15, -0.1) is 0 Å². The average molecular weight is 359 g/mol. The van der Waals surface area contributed by atoms with Crippen molar-refractivity contribution in [2.75, 3.05) is 6.61 Å². The lowest BCUT2D eigenvalue weighted by molar-refractivity contribution is -0.137. The summed E-state index contributed by atoms with van der Waals surface area (Å²) in [6.45, 7) is 1.42. The number of ether oxygens (including phenoxy) is 1. The molecule has 0 aromatic heterocycles.